The summed E-state index contributed by atoms with van der Waals surface area (Å²) in [7, 11) is -3.17. The van der Waals surface area contributed by atoms with Gasteiger partial charge in [0.2, 0.25) is 0 Å². The van der Waals surface area contributed by atoms with Crippen LogP contribution in [0.2, 0.25) is 0 Å². The highest BCUT2D eigenvalue weighted by molar-refractivity contribution is 7.90. The summed E-state index contributed by atoms with van der Waals surface area (Å²) < 4.78 is 23.5. The van der Waals surface area contributed by atoms with Crippen LogP contribution in [0.4, 0.5) is 5.69 Å². The van der Waals surface area contributed by atoms with Crippen LogP contribution in [-0.4, -0.2) is 40.3 Å². The van der Waals surface area contributed by atoms with Crippen LogP contribution in [0.25, 0.3) is 0 Å². The normalized spacial score (nSPS) is 18.8. The van der Waals surface area contributed by atoms with E-state index in [1.54, 1.807) is 12.1 Å². The van der Waals surface area contributed by atoms with Crippen molar-refractivity contribution >= 4 is 15.5 Å². The molecule has 1 unspecified atom stereocenters. The Morgan fingerprint density at radius 2 is 1.91 bits per heavy atom. The van der Waals surface area contributed by atoms with Gasteiger partial charge in [-0.2, -0.15) is 0 Å². The quantitative estimate of drug-likeness (QED) is 0.933. The van der Waals surface area contributed by atoms with E-state index < -0.39 is 9.84 Å². The molecule has 0 saturated carbocycles. The number of benzene rings is 2. The van der Waals surface area contributed by atoms with Gasteiger partial charge in [0.1, 0.15) is 0 Å². The van der Waals surface area contributed by atoms with Crippen LogP contribution in [-0.2, 0) is 16.3 Å². The first-order valence-corrected chi connectivity index (χ1v) is 9.74. The van der Waals surface area contributed by atoms with Crippen LogP contribution in [0.3, 0.4) is 0 Å². The van der Waals surface area contributed by atoms with Crippen molar-refractivity contribution < 1.29 is 8.42 Å². The molecule has 1 atom stereocenters. The van der Waals surface area contributed by atoms with Crippen LogP contribution < -0.4 is 10.2 Å². The molecule has 1 aliphatic rings. The lowest BCUT2D eigenvalue weighted by molar-refractivity contribution is 0.454. The number of rotatable bonds is 4. The molecular formula is C18H22N2O2S. The summed E-state index contributed by atoms with van der Waals surface area (Å²) in [5.74, 6) is 0. The highest BCUT2D eigenvalue weighted by Gasteiger charge is 2.20. The first-order valence-electron chi connectivity index (χ1n) is 7.85. The van der Waals surface area contributed by atoms with E-state index in [-0.39, 0.29) is 0 Å². The predicted molar refractivity (Wildman–Crippen MR) is 93.7 cm³/mol. The monoisotopic (exact) mass is 330 g/mol. The van der Waals surface area contributed by atoms with Crippen molar-refractivity contribution in [3.8, 4) is 0 Å². The van der Waals surface area contributed by atoms with Crippen molar-refractivity contribution in [1.29, 1.82) is 0 Å². The molecule has 1 aliphatic heterocycles. The molecule has 23 heavy (non-hydrogen) atoms. The lowest BCUT2D eigenvalue weighted by atomic mass is 10.0. The Balaban J connectivity index is 1.74. The van der Waals surface area contributed by atoms with Crippen LogP contribution >= 0.6 is 0 Å². The van der Waals surface area contributed by atoms with E-state index in [1.807, 2.05) is 18.2 Å². The fourth-order valence-corrected chi connectivity index (χ4v) is 3.67. The van der Waals surface area contributed by atoms with E-state index in [4.69, 9.17) is 0 Å². The van der Waals surface area contributed by atoms with Gasteiger partial charge in [-0.15, -0.1) is 0 Å². The second-order valence-corrected chi connectivity index (χ2v) is 8.07. The maximum absolute atomic E-state index is 11.7. The smallest absolute Gasteiger partial charge is 0.175 e. The van der Waals surface area contributed by atoms with Crippen molar-refractivity contribution in [3.05, 3.63) is 60.2 Å². The second kappa shape index (κ2) is 6.72. The first kappa shape index (κ1) is 16.0. The molecule has 0 bridgehead atoms. The van der Waals surface area contributed by atoms with Crippen LogP contribution in [0, 0.1) is 0 Å². The van der Waals surface area contributed by atoms with Crippen LogP contribution in [0.5, 0.6) is 0 Å². The number of nitrogens with one attached hydrogen (secondary N) is 1. The molecule has 1 saturated heterocycles. The molecule has 0 radical (unpaired) electrons. The van der Waals surface area contributed by atoms with Crippen molar-refractivity contribution in [2.24, 2.45) is 0 Å². The van der Waals surface area contributed by atoms with Gasteiger partial charge in [-0.05, 0) is 30.2 Å². The number of anilines is 1. The lowest BCUT2D eigenvalue weighted by Crippen LogP contribution is -2.51. The topological polar surface area (TPSA) is 49.4 Å². The fraction of sp³-hybridized carbons (Fsp3) is 0.333. The summed E-state index contributed by atoms with van der Waals surface area (Å²) >= 11 is 0. The molecule has 3 rings (SSSR count). The van der Waals surface area contributed by atoms with Crippen LogP contribution in [0.15, 0.2) is 59.5 Å². The van der Waals surface area contributed by atoms with Gasteiger partial charge in [-0.3, -0.25) is 0 Å². The van der Waals surface area contributed by atoms with Crippen molar-refractivity contribution in [2.45, 2.75) is 17.4 Å². The largest absolute Gasteiger partial charge is 0.369 e. The van der Waals surface area contributed by atoms with E-state index in [2.05, 4.69) is 34.5 Å². The molecule has 1 N–H and O–H groups in total. The maximum Gasteiger partial charge on any atom is 0.175 e. The Morgan fingerprint density at radius 3 is 2.65 bits per heavy atom. The lowest BCUT2D eigenvalue weighted by Gasteiger charge is -2.35. The summed E-state index contributed by atoms with van der Waals surface area (Å²) in [4.78, 5) is 2.65. The number of hydrogen-bond acceptors (Lipinski definition) is 4. The second-order valence-electron chi connectivity index (χ2n) is 6.06. The molecule has 0 spiro atoms. The van der Waals surface area contributed by atoms with Crippen molar-refractivity contribution in [2.75, 3.05) is 30.8 Å². The highest BCUT2D eigenvalue weighted by Crippen LogP contribution is 2.21. The van der Waals surface area contributed by atoms with Gasteiger partial charge < -0.3 is 10.2 Å². The highest BCUT2D eigenvalue weighted by atomic mass is 32.2. The third kappa shape index (κ3) is 4.12. The molecule has 0 aliphatic carbocycles. The van der Waals surface area contributed by atoms with E-state index in [9.17, 15) is 8.42 Å². The molecule has 1 heterocycles. The molecule has 2 aromatic rings. The standard InChI is InChI=1S/C18H22N2O2S/c1-23(21,22)18-9-5-8-17(13-18)20-11-10-19-16(14-20)12-15-6-3-2-4-7-15/h2-9,13,16,19H,10-12,14H2,1H3. The molecule has 2 aromatic carbocycles. The fourth-order valence-electron chi connectivity index (χ4n) is 3.01. The number of hydrogen-bond donors (Lipinski definition) is 1. The Kier molecular flexibility index (Phi) is 4.68. The van der Waals surface area contributed by atoms with Gasteiger partial charge in [-0.1, -0.05) is 36.4 Å². The molecule has 0 amide bonds. The summed E-state index contributed by atoms with van der Waals surface area (Å²) in [6.45, 7) is 2.67. The molecular weight excluding hydrogens is 308 g/mol. The molecule has 5 heteroatoms. The predicted octanol–water partition coefficient (Wildman–Crippen LogP) is 2.11. The number of nitrogens with zero attached hydrogens (tertiary/aromatic N) is 1. The van der Waals surface area contributed by atoms with Crippen LogP contribution in [0.1, 0.15) is 5.56 Å². The summed E-state index contributed by atoms with van der Waals surface area (Å²) in [6.07, 6.45) is 2.23. The molecule has 4 nitrogen and oxygen atoms in total. The number of piperazine rings is 1. The summed E-state index contributed by atoms with van der Waals surface area (Å²) in [5.41, 5.74) is 2.30. The minimum Gasteiger partial charge on any atom is -0.369 e. The Morgan fingerprint density at radius 1 is 1.13 bits per heavy atom. The Bertz CT molecular complexity index is 760. The number of sulfone groups is 1. The SMILES string of the molecule is CS(=O)(=O)c1cccc(N2CCNC(Cc3ccccc3)C2)c1. The Labute approximate surface area is 138 Å². The third-order valence-corrected chi connectivity index (χ3v) is 5.30. The Hall–Kier alpha value is -1.85. The van der Waals surface area contributed by atoms with E-state index in [0.29, 0.717) is 10.9 Å². The van der Waals surface area contributed by atoms with Gasteiger partial charge in [0.15, 0.2) is 9.84 Å². The zero-order valence-corrected chi connectivity index (χ0v) is 14.1. The molecule has 1 fully saturated rings. The van der Waals surface area contributed by atoms with Crippen molar-refractivity contribution in [3.63, 3.8) is 0 Å². The minimum atomic E-state index is -3.17. The average Bonchev–Trinajstić information content (AvgIpc) is 2.55. The summed E-state index contributed by atoms with van der Waals surface area (Å²) in [6, 6.07) is 18.0. The van der Waals surface area contributed by atoms with Gasteiger partial charge in [0.05, 0.1) is 4.90 Å². The minimum absolute atomic E-state index is 0.369. The zero-order valence-electron chi connectivity index (χ0n) is 13.3. The average molecular weight is 330 g/mol. The van der Waals surface area contributed by atoms with Gasteiger partial charge in [0.25, 0.3) is 0 Å². The third-order valence-electron chi connectivity index (χ3n) is 4.19. The molecule has 122 valence electrons. The van der Waals surface area contributed by atoms with E-state index in [1.165, 1.54) is 11.8 Å². The van der Waals surface area contributed by atoms with Crippen molar-refractivity contribution in [1.82, 2.24) is 5.32 Å². The summed E-state index contributed by atoms with van der Waals surface area (Å²) in [5, 5.41) is 3.55. The first-order chi connectivity index (χ1) is 11.0. The maximum atomic E-state index is 11.7. The van der Waals surface area contributed by atoms with E-state index in [0.717, 1.165) is 31.7 Å². The molecule has 0 aromatic heterocycles. The zero-order chi connectivity index (χ0) is 16.3. The van der Waals surface area contributed by atoms with Gasteiger partial charge in [-0.25, -0.2) is 8.42 Å². The van der Waals surface area contributed by atoms with Gasteiger partial charge in [0, 0.05) is 37.6 Å². The van der Waals surface area contributed by atoms with E-state index >= 15 is 0 Å². The van der Waals surface area contributed by atoms with Gasteiger partial charge >= 0.3 is 0 Å².